The van der Waals surface area contributed by atoms with E-state index in [1.165, 1.54) is 57.8 Å². The number of nitrogens with two attached hydrogens (primary N) is 1. The fourth-order valence-electron chi connectivity index (χ4n) is 3.20. The van der Waals surface area contributed by atoms with Gasteiger partial charge in [0, 0.05) is 12.1 Å². The Morgan fingerprint density at radius 3 is 1.67 bits per heavy atom. The normalized spacial score (nSPS) is 24.3. The van der Waals surface area contributed by atoms with Crippen molar-refractivity contribution in [3.8, 4) is 0 Å². The second kappa shape index (κ2) is 4.86. The van der Waals surface area contributed by atoms with E-state index in [0.717, 1.165) is 0 Å². The standard InChI is InChI=1S/C12H22N2O/c13-12(15)14(11-8-4-5-9-11)10-6-2-1-3-7-10/h10-11H,1-9H2,(H2,13,15). The largest absolute Gasteiger partial charge is 0.351 e. The maximum Gasteiger partial charge on any atom is 0.315 e. The highest BCUT2D eigenvalue weighted by atomic mass is 16.2. The molecule has 3 heteroatoms. The number of nitrogens with zero attached hydrogens (tertiary/aromatic N) is 1. The Morgan fingerprint density at radius 1 is 0.867 bits per heavy atom. The summed E-state index contributed by atoms with van der Waals surface area (Å²) in [6, 6.07) is 0.707. The van der Waals surface area contributed by atoms with E-state index in [1.807, 2.05) is 4.90 Å². The molecule has 0 aromatic rings. The second-order valence-corrected chi connectivity index (χ2v) is 4.98. The molecule has 15 heavy (non-hydrogen) atoms. The molecule has 0 atom stereocenters. The number of urea groups is 1. The molecule has 2 rings (SSSR count). The van der Waals surface area contributed by atoms with E-state index < -0.39 is 0 Å². The quantitative estimate of drug-likeness (QED) is 0.748. The first-order chi connectivity index (χ1) is 7.29. The summed E-state index contributed by atoms with van der Waals surface area (Å²) in [5, 5.41) is 0. The van der Waals surface area contributed by atoms with Gasteiger partial charge in [0.1, 0.15) is 0 Å². The van der Waals surface area contributed by atoms with Crippen LogP contribution in [0.5, 0.6) is 0 Å². The molecule has 0 saturated heterocycles. The van der Waals surface area contributed by atoms with Gasteiger partial charge in [-0.2, -0.15) is 0 Å². The van der Waals surface area contributed by atoms with Crippen LogP contribution >= 0.6 is 0 Å². The third-order valence-corrected chi connectivity index (χ3v) is 3.94. The van der Waals surface area contributed by atoms with Gasteiger partial charge in [0.05, 0.1) is 0 Å². The molecule has 2 fully saturated rings. The predicted octanol–water partition coefficient (Wildman–Crippen LogP) is 2.64. The maximum atomic E-state index is 11.5. The number of hydrogen-bond acceptors (Lipinski definition) is 1. The average molecular weight is 210 g/mol. The van der Waals surface area contributed by atoms with Gasteiger partial charge in [-0.25, -0.2) is 4.79 Å². The van der Waals surface area contributed by atoms with Crippen molar-refractivity contribution in [1.82, 2.24) is 4.90 Å². The van der Waals surface area contributed by atoms with Crippen molar-refractivity contribution >= 4 is 6.03 Å². The van der Waals surface area contributed by atoms with E-state index in [4.69, 9.17) is 5.73 Å². The topological polar surface area (TPSA) is 46.3 Å². The van der Waals surface area contributed by atoms with Crippen LogP contribution in [0.25, 0.3) is 0 Å². The lowest BCUT2D eigenvalue weighted by Crippen LogP contribution is -2.49. The van der Waals surface area contributed by atoms with Crippen LogP contribution in [-0.4, -0.2) is 23.0 Å². The molecule has 0 bridgehead atoms. The SMILES string of the molecule is NC(=O)N(C1CCCCC1)C1CCCC1. The Balaban J connectivity index is 2.00. The Kier molecular flexibility index (Phi) is 3.49. The van der Waals surface area contributed by atoms with Crippen molar-refractivity contribution in [2.75, 3.05) is 0 Å². The molecule has 2 aliphatic carbocycles. The molecule has 0 spiro atoms. The minimum absolute atomic E-state index is 0.186. The van der Waals surface area contributed by atoms with Gasteiger partial charge in [-0.1, -0.05) is 32.1 Å². The van der Waals surface area contributed by atoms with E-state index in [0.29, 0.717) is 12.1 Å². The van der Waals surface area contributed by atoms with Crippen LogP contribution in [0.1, 0.15) is 57.8 Å². The Labute approximate surface area is 92.0 Å². The number of hydrogen-bond donors (Lipinski definition) is 1. The van der Waals surface area contributed by atoms with E-state index in [2.05, 4.69) is 0 Å². The molecule has 2 N–H and O–H groups in total. The summed E-state index contributed by atoms with van der Waals surface area (Å²) < 4.78 is 0. The Morgan fingerprint density at radius 2 is 1.27 bits per heavy atom. The first-order valence-electron chi connectivity index (χ1n) is 6.37. The summed E-state index contributed by atoms with van der Waals surface area (Å²) in [5.74, 6) is 0. The fraction of sp³-hybridized carbons (Fsp3) is 0.917. The summed E-state index contributed by atoms with van der Waals surface area (Å²) in [6.07, 6.45) is 11.1. The van der Waals surface area contributed by atoms with Crippen LogP contribution < -0.4 is 5.73 Å². The van der Waals surface area contributed by atoms with Crippen molar-refractivity contribution in [2.45, 2.75) is 69.9 Å². The molecule has 0 aromatic heterocycles. The van der Waals surface area contributed by atoms with Gasteiger partial charge < -0.3 is 10.6 Å². The van der Waals surface area contributed by atoms with E-state index in [-0.39, 0.29) is 6.03 Å². The lowest BCUT2D eigenvalue weighted by atomic mass is 9.93. The zero-order chi connectivity index (χ0) is 10.7. The average Bonchev–Trinajstić information content (AvgIpc) is 2.72. The van der Waals surface area contributed by atoms with Gasteiger partial charge in [0.2, 0.25) is 0 Å². The molecule has 0 aromatic carbocycles. The number of amides is 2. The van der Waals surface area contributed by atoms with Crippen molar-refractivity contribution in [3.05, 3.63) is 0 Å². The van der Waals surface area contributed by atoms with Crippen LogP contribution in [0.4, 0.5) is 4.79 Å². The molecule has 0 radical (unpaired) electrons. The monoisotopic (exact) mass is 210 g/mol. The Hall–Kier alpha value is -0.730. The summed E-state index contributed by atoms with van der Waals surface area (Å²) in [6.45, 7) is 0. The minimum Gasteiger partial charge on any atom is -0.351 e. The molecule has 3 nitrogen and oxygen atoms in total. The molecular formula is C12H22N2O. The van der Waals surface area contributed by atoms with Gasteiger partial charge in [0.15, 0.2) is 0 Å². The third kappa shape index (κ3) is 2.44. The van der Waals surface area contributed by atoms with Gasteiger partial charge in [-0.15, -0.1) is 0 Å². The number of carbonyl (C=O) groups is 1. The minimum atomic E-state index is -0.186. The Bertz CT molecular complexity index is 218. The predicted molar refractivity (Wildman–Crippen MR) is 60.6 cm³/mol. The molecule has 2 aliphatic rings. The highest BCUT2D eigenvalue weighted by Crippen LogP contribution is 2.30. The molecular weight excluding hydrogens is 188 g/mol. The van der Waals surface area contributed by atoms with Crippen LogP contribution in [0.2, 0.25) is 0 Å². The van der Waals surface area contributed by atoms with E-state index in [1.54, 1.807) is 0 Å². The summed E-state index contributed by atoms with van der Waals surface area (Å²) in [5.41, 5.74) is 5.53. The van der Waals surface area contributed by atoms with E-state index in [9.17, 15) is 4.79 Å². The second-order valence-electron chi connectivity index (χ2n) is 4.98. The molecule has 0 unspecified atom stereocenters. The highest BCUT2D eigenvalue weighted by Gasteiger charge is 2.31. The molecule has 0 heterocycles. The number of primary amides is 1. The third-order valence-electron chi connectivity index (χ3n) is 3.94. The molecule has 86 valence electrons. The first-order valence-corrected chi connectivity index (χ1v) is 6.37. The van der Waals surface area contributed by atoms with Crippen LogP contribution in [0.3, 0.4) is 0 Å². The van der Waals surface area contributed by atoms with Crippen molar-refractivity contribution in [2.24, 2.45) is 5.73 Å². The molecule has 0 aliphatic heterocycles. The summed E-state index contributed by atoms with van der Waals surface area (Å²) >= 11 is 0. The fourth-order valence-corrected chi connectivity index (χ4v) is 3.20. The summed E-state index contributed by atoms with van der Waals surface area (Å²) in [4.78, 5) is 13.5. The smallest absolute Gasteiger partial charge is 0.315 e. The van der Waals surface area contributed by atoms with Gasteiger partial charge in [-0.05, 0) is 25.7 Å². The number of carbonyl (C=O) groups excluding carboxylic acids is 1. The van der Waals surface area contributed by atoms with Gasteiger partial charge in [0.25, 0.3) is 0 Å². The van der Waals surface area contributed by atoms with Crippen LogP contribution in [0.15, 0.2) is 0 Å². The summed E-state index contributed by atoms with van der Waals surface area (Å²) in [7, 11) is 0. The van der Waals surface area contributed by atoms with Crippen molar-refractivity contribution in [3.63, 3.8) is 0 Å². The first kappa shape index (κ1) is 10.8. The van der Waals surface area contributed by atoms with Gasteiger partial charge in [-0.3, -0.25) is 0 Å². The maximum absolute atomic E-state index is 11.5. The van der Waals surface area contributed by atoms with Crippen LogP contribution in [0, 0.1) is 0 Å². The van der Waals surface area contributed by atoms with Gasteiger partial charge >= 0.3 is 6.03 Å². The zero-order valence-electron chi connectivity index (χ0n) is 9.45. The zero-order valence-corrected chi connectivity index (χ0v) is 9.45. The number of rotatable bonds is 2. The van der Waals surface area contributed by atoms with Crippen molar-refractivity contribution < 1.29 is 4.79 Å². The molecule has 2 amide bonds. The van der Waals surface area contributed by atoms with Crippen molar-refractivity contribution in [1.29, 1.82) is 0 Å². The lowest BCUT2D eigenvalue weighted by molar-refractivity contribution is 0.131. The van der Waals surface area contributed by atoms with Crippen LogP contribution in [-0.2, 0) is 0 Å². The van der Waals surface area contributed by atoms with E-state index >= 15 is 0 Å². The molecule has 2 saturated carbocycles. The lowest BCUT2D eigenvalue weighted by Gasteiger charge is -2.37. The highest BCUT2D eigenvalue weighted by molar-refractivity contribution is 5.72.